The van der Waals surface area contributed by atoms with Crippen molar-refractivity contribution in [2.45, 2.75) is 42.7 Å². The molecule has 0 saturated carbocycles. The molecule has 2 fully saturated rings. The molecule has 38 heavy (non-hydrogen) atoms. The summed E-state index contributed by atoms with van der Waals surface area (Å²) in [5, 5.41) is 10.6. The van der Waals surface area contributed by atoms with Crippen LogP contribution in [0.25, 0.3) is 0 Å². The lowest BCUT2D eigenvalue weighted by molar-refractivity contribution is -0.131. The summed E-state index contributed by atoms with van der Waals surface area (Å²) in [6.45, 7) is 1.78. The number of ether oxygens (including phenoxy) is 1. The first-order valence-electron chi connectivity index (χ1n) is 12.7. The molecular weight excluding hydrogens is 589 g/mol. The normalized spacial score (nSPS) is 25.1. The highest BCUT2D eigenvalue weighted by atomic mass is 79.9. The van der Waals surface area contributed by atoms with E-state index in [1.54, 1.807) is 18.2 Å². The minimum absolute atomic E-state index is 0.0526. The Balaban J connectivity index is 1.57. The lowest BCUT2D eigenvalue weighted by Gasteiger charge is -2.46. The van der Waals surface area contributed by atoms with Gasteiger partial charge in [0.2, 0.25) is 11.8 Å². The number of halogens is 3. The molecule has 3 aromatic rings. The minimum atomic E-state index is -1.16. The summed E-state index contributed by atoms with van der Waals surface area (Å²) in [6.07, 6.45) is 1.94. The Bertz CT molecular complexity index is 1430. The van der Waals surface area contributed by atoms with Gasteiger partial charge in [0.25, 0.3) is 0 Å². The van der Waals surface area contributed by atoms with Crippen molar-refractivity contribution in [2.24, 2.45) is 0 Å². The van der Waals surface area contributed by atoms with Gasteiger partial charge in [-0.2, -0.15) is 0 Å². The highest BCUT2D eigenvalue weighted by Crippen LogP contribution is 2.59. The van der Waals surface area contributed by atoms with Crippen LogP contribution in [-0.4, -0.2) is 31.0 Å². The first kappa shape index (κ1) is 25.7. The van der Waals surface area contributed by atoms with E-state index in [1.165, 1.54) is 0 Å². The molecule has 0 aromatic heterocycles. The van der Waals surface area contributed by atoms with E-state index in [4.69, 9.17) is 27.9 Å². The van der Waals surface area contributed by atoms with E-state index in [-0.39, 0.29) is 24.3 Å². The van der Waals surface area contributed by atoms with Crippen molar-refractivity contribution in [3.05, 3.63) is 91.9 Å². The van der Waals surface area contributed by atoms with Gasteiger partial charge in [0, 0.05) is 38.1 Å². The smallest absolute Gasteiger partial charge is 0.238 e. The number of piperidine rings is 2. The molecule has 2 amide bonds. The van der Waals surface area contributed by atoms with Gasteiger partial charge in [0.15, 0.2) is 0 Å². The van der Waals surface area contributed by atoms with Crippen LogP contribution in [0.2, 0.25) is 10.0 Å². The number of hydrogen-bond donors (Lipinski definition) is 3. The van der Waals surface area contributed by atoms with Crippen LogP contribution < -0.4 is 20.7 Å². The fourth-order valence-corrected chi connectivity index (χ4v) is 6.97. The van der Waals surface area contributed by atoms with E-state index in [1.807, 2.05) is 42.5 Å². The number of amides is 2. The maximum absolute atomic E-state index is 14.3. The zero-order valence-corrected chi connectivity index (χ0v) is 23.5. The summed E-state index contributed by atoms with van der Waals surface area (Å²) in [7, 11) is 0. The largest absolute Gasteiger partial charge is 0.490 e. The van der Waals surface area contributed by atoms with Crippen LogP contribution in [-0.2, 0) is 15.0 Å². The highest BCUT2D eigenvalue weighted by Gasteiger charge is 2.61. The summed E-state index contributed by atoms with van der Waals surface area (Å²) in [5.74, 6) is -0.165. The number of rotatable bonds is 4. The fraction of sp³-hybridized carbons (Fsp3) is 0.310. The molecule has 0 aliphatic carbocycles. The first-order valence-corrected chi connectivity index (χ1v) is 14.2. The molecule has 3 aliphatic heterocycles. The second-order valence-electron chi connectivity index (χ2n) is 10.1. The van der Waals surface area contributed by atoms with Gasteiger partial charge in [-0.25, -0.2) is 0 Å². The van der Waals surface area contributed by atoms with E-state index in [0.717, 1.165) is 47.1 Å². The van der Waals surface area contributed by atoms with Crippen molar-refractivity contribution in [1.29, 1.82) is 0 Å². The lowest BCUT2D eigenvalue weighted by atomic mass is 9.59. The number of hydrogen-bond acceptors (Lipinski definition) is 4. The van der Waals surface area contributed by atoms with E-state index < -0.39 is 17.4 Å². The van der Waals surface area contributed by atoms with Gasteiger partial charge >= 0.3 is 0 Å². The van der Waals surface area contributed by atoms with Gasteiger partial charge in [-0.1, -0.05) is 57.3 Å². The SMILES string of the molecule is O=C1CC(c2cc(Br)ccc2OC2CCNCC2)C2(C(=O)Nc3cc(Cl)ccc32)C(c2cccc(Cl)c2)N1. The van der Waals surface area contributed by atoms with Crippen LogP contribution in [0.5, 0.6) is 5.75 Å². The van der Waals surface area contributed by atoms with Gasteiger partial charge < -0.3 is 20.7 Å². The summed E-state index contributed by atoms with van der Waals surface area (Å²) in [4.78, 5) is 27.6. The molecule has 3 unspecified atom stereocenters. The van der Waals surface area contributed by atoms with Crippen LogP contribution in [0.15, 0.2) is 65.1 Å². The topological polar surface area (TPSA) is 79.5 Å². The molecule has 9 heteroatoms. The standard InChI is InChI=1S/C29H26BrCl2N3O3/c30-17-4-7-25(38-20-8-10-33-11-9-20)21(13-17)23-15-26(36)35-27(16-2-1-3-18(31)12-16)29(23)22-6-5-19(32)14-24(22)34-28(29)37/h1-7,12-14,20,23,27,33H,8-11,15H2,(H,34,37)(H,35,36). The first-order chi connectivity index (χ1) is 18.4. The average molecular weight is 615 g/mol. The molecule has 1 spiro atoms. The van der Waals surface area contributed by atoms with Crippen LogP contribution in [0.1, 0.15) is 47.9 Å². The zero-order chi connectivity index (χ0) is 26.4. The molecule has 3 aromatic carbocycles. The van der Waals surface area contributed by atoms with Crippen molar-refractivity contribution in [3.63, 3.8) is 0 Å². The van der Waals surface area contributed by atoms with Crippen molar-refractivity contribution >= 4 is 56.6 Å². The molecule has 6 nitrogen and oxygen atoms in total. The Morgan fingerprint density at radius 1 is 0.947 bits per heavy atom. The van der Waals surface area contributed by atoms with Gasteiger partial charge in [-0.3, -0.25) is 9.59 Å². The number of benzene rings is 3. The number of fused-ring (bicyclic) bond motifs is 2. The van der Waals surface area contributed by atoms with Crippen LogP contribution in [0.3, 0.4) is 0 Å². The van der Waals surface area contributed by atoms with Crippen molar-refractivity contribution in [1.82, 2.24) is 10.6 Å². The molecular formula is C29H26BrCl2N3O3. The van der Waals surface area contributed by atoms with Crippen LogP contribution >= 0.6 is 39.1 Å². The molecule has 196 valence electrons. The second-order valence-corrected chi connectivity index (χ2v) is 11.9. The quantitative estimate of drug-likeness (QED) is 0.331. The average Bonchev–Trinajstić information content (AvgIpc) is 3.18. The Hall–Kier alpha value is -2.58. The van der Waals surface area contributed by atoms with E-state index >= 15 is 0 Å². The molecule has 6 rings (SSSR count). The van der Waals surface area contributed by atoms with Crippen LogP contribution in [0.4, 0.5) is 5.69 Å². The highest BCUT2D eigenvalue weighted by molar-refractivity contribution is 9.10. The predicted molar refractivity (Wildman–Crippen MR) is 152 cm³/mol. The maximum Gasteiger partial charge on any atom is 0.238 e. The van der Waals surface area contributed by atoms with Gasteiger partial charge in [0.1, 0.15) is 17.3 Å². The van der Waals surface area contributed by atoms with Gasteiger partial charge in [-0.05, 0) is 79.5 Å². The Morgan fingerprint density at radius 3 is 2.53 bits per heavy atom. The zero-order valence-electron chi connectivity index (χ0n) is 20.4. The molecule has 3 heterocycles. The molecule has 3 N–H and O–H groups in total. The van der Waals surface area contributed by atoms with Crippen molar-refractivity contribution in [2.75, 3.05) is 18.4 Å². The summed E-state index contributed by atoms with van der Waals surface area (Å²) < 4.78 is 7.42. The molecule has 0 radical (unpaired) electrons. The Morgan fingerprint density at radius 2 is 1.74 bits per heavy atom. The number of carbonyl (C=O) groups excluding carboxylic acids is 2. The predicted octanol–water partition coefficient (Wildman–Crippen LogP) is 6.12. The number of nitrogens with one attached hydrogen (secondary N) is 3. The van der Waals surface area contributed by atoms with E-state index in [0.29, 0.717) is 21.5 Å². The lowest BCUT2D eigenvalue weighted by Crippen LogP contribution is -2.56. The molecule has 0 bridgehead atoms. The monoisotopic (exact) mass is 613 g/mol. The summed E-state index contributed by atoms with van der Waals surface area (Å²) >= 11 is 16.4. The van der Waals surface area contributed by atoms with Gasteiger partial charge in [0.05, 0.1) is 6.04 Å². The fourth-order valence-electron chi connectivity index (χ4n) is 6.22. The van der Waals surface area contributed by atoms with Gasteiger partial charge in [-0.15, -0.1) is 0 Å². The molecule has 3 atom stereocenters. The maximum atomic E-state index is 14.3. The molecule has 2 saturated heterocycles. The molecule has 3 aliphatic rings. The Labute approximate surface area is 239 Å². The second kappa shape index (κ2) is 10.2. The number of carbonyl (C=O) groups is 2. The summed E-state index contributed by atoms with van der Waals surface area (Å²) in [5.41, 5.74) is 1.84. The van der Waals surface area contributed by atoms with Crippen molar-refractivity contribution in [3.8, 4) is 5.75 Å². The minimum Gasteiger partial charge on any atom is -0.490 e. The number of anilines is 1. The van der Waals surface area contributed by atoms with Crippen molar-refractivity contribution < 1.29 is 14.3 Å². The third-order valence-electron chi connectivity index (χ3n) is 7.86. The third kappa shape index (κ3) is 4.39. The summed E-state index contributed by atoms with van der Waals surface area (Å²) in [6, 6.07) is 18.0. The van der Waals surface area contributed by atoms with E-state index in [9.17, 15) is 9.59 Å². The Kier molecular flexibility index (Phi) is 6.89. The third-order valence-corrected chi connectivity index (χ3v) is 8.82. The van der Waals surface area contributed by atoms with E-state index in [2.05, 4.69) is 31.9 Å². The van der Waals surface area contributed by atoms with Crippen LogP contribution in [0, 0.1) is 0 Å².